The van der Waals surface area contributed by atoms with E-state index in [1.54, 1.807) is 17.9 Å². The van der Waals surface area contributed by atoms with Gasteiger partial charge < -0.3 is 29.0 Å². The molecule has 3 unspecified atom stereocenters. The molecule has 1 aromatic heterocycles. The minimum Gasteiger partial charge on any atom is -0.491 e. The minimum atomic E-state index is -3.21. The van der Waals surface area contributed by atoms with Crippen LogP contribution in [0.4, 0.5) is 0 Å². The molecule has 0 radical (unpaired) electrons. The van der Waals surface area contributed by atoms with Gasteiger partial charge in [-0.3, -0.25) is 4.79 Å². The van der Waals surface area contributed by atoms with Gasteiger partial charge in [0.15, 0.2) is 5.75 Å². The molecule has 0 aliphatic carbocycles. The third kappa shape index (κ3) is 5.16. The summed E-state index contributed by atoms with van der Waals surface area (Å²) in [6.45, 7) is 4.49. The molecule has 0 saturated heterocycles. The van der Waals surface area contributed by atoms with Crippen molar-refractivity contribution in [3.8, 4) is 5.75 Å². The Morgan fingerprint density at radius 3 is 2.13 bits per heavy atom. The van der Waals surface area contributed by atoms with Gasteiger partial charge in [-0.1, -0.05) is 80.9 Å². The number of halogens is 1. The van der Waals surface area contributed by atoms with Gasteiger partial charge >= 0.3 is 0 Å². The van der Waals surface area contributed by atoms with Crippen molar-refractivity contribution >= 4 is 34.6 Å². The van der Waals surface area contributed by atoms with Crippen molar-refractivity contribution in [1.82, 2.24) is 4.57 Å². The lowest BCUT2D eigenvalue weighted by atomic mass is 9.69. The Morgan fingerprint density at radius 1 is 1.05 bits per heavy atom. The number of aliphatic hydroxyl groups excluding tert-OH is 2. The Bertz CT molecular complexity index is 1290. The molecule has 0 fully saturated rings. The summed E-state index contributed by atoms with van der Waals surface area (Å²) in [4.78, 5) is 25.3. The van der Waals surface area contributed by atoms with E-state index < -0.39 is 31.0 Å². The van der Waals surface area contributed by atoms with Gasteiger partial charge in [0, 0.05) is 19.9 Å². The molecule has 0 spiro atoms. The molecule has 3 atom stereocenters. The molecule has 39 heavy (non-hydrogen) atoms. The zero-order valence-electron chi connectivity index (χ0n) is 22.9. The van der Waals surface area contributed by atoms with Crippen LogP contribution < -0.4 is 20.5 Å². The molecule has 2 aromatic carbocycles. The van der Waals surface area contributed by atoms with Crippen LogP contribution in [-0.2, 0) is 11.3 Å². The van der Waals surface area contributed by atoms with Crippen molar-refractivity contribution < 1.29 is 24.5 Å². The quantitative estimate of drug-likeness (QED) is 0.302. The lowest BCUT2D eigenvalue weighted by Gasteiger charge is -2.47. The van der Waals surface area contributed by atoms with E-state index in [2.05, 4.69) is 29.8 Å². The molecule has 0 saturated carbocycles. The van der Waals surface area contributed by atoms with E-state index in [-0.39, 0.29) is 24.3 Å². The molecule has 3 N–H and O–H groups in total. The molecule has 1 aliphatic rings. The number of aliphatic hydroxyl groups is 2. The van der Waals surface area contributed by atoms with Crippen LogP contribution in [-0.4, -0.2) is 54.8 Å². The largest absolute Gasteiger partial charge is 0.491 e. The summed E-state index contributed by atoms with van der Waals surface area (Å²) in [5.41, 5.74) is -1.07. The smallest absolute Gasteiger partial charge is 0.258 e. The fourth-order valence-corrected chi connectivity index (χ4v) is 10.5. The topological polar surface area (TPSA) is 101 Å². The van der Waals surface area contributed by atoms with Crippen molar-refractivity contribution in [3.05, 3.63) is 87.3 Å². The molecule has 3 aromatic rings. The van der Waals surface area contributed by atoms with Crippen LogP contribution in [0.2, 0.25) is 5.04 Å². The van der Waals surface area contributed by atoms with E-state index >= 15 is 0 Å². The van der Waals surface area contributed by atoms with E-state index in [1.165, 1.54) is 7.11 Å². The number of nitrogens with zero attached hydrogens (tertiary/aromatic N) is 1. The lowest BCUT2D eigenvalue weighted by molar-refractivity contribution is -0.138. The maximum Gasteiger partial charge on any atom is 0.258 e. The maximum absolute atomic E-state index is 12.8. The number of pyridine rings is 1. The Hall–Kier alpha value is -2.27. The van der Waals surface area contributed by atoms with Crippen LogP contribution >= 0.6 is 15.9 Å². The minimum absolute atomic E-state index is 0.0551. The van der Waals surface area contributed by atoms with Crippen molar-refractivity contribution in [2.24, 2.45) is 5.41 Å². The van der Waals surface area contributed by atoms with Gasteiger partial charge in [-0.05, 0) is 44.2 Å². The standard InChI is InChI=1S/C30H38BrNO6Si/c1-29(2,39(36,21-12-7-5-8-13-21)22-14-9-6-10-15-22)16-11-17-30(20-37-3)24(33)19-32-18-23(31)26(34)27(38-4)25(32)28(30)35/h5-10,12-15,18,24,28,33,35-36H,11,16-17,19-20H2,1-4H3. The molecular weight excluding hydrogens is 578 g/mol. The van der Waals surface area contributed by atoms with Crippen molar-refractivity contribution in [2.75, 3.05) is 20.8 Å². The summed E-state index contributed by atoms with van der Waals surface area (Å²) < 4.78 is 13.0. The average molecular weight is 617 g/mol. The summed E-state index contributed by atoms with van der Waals surface area (Å²) in [6.07, 6.45) is 1.14. The first-order valence-corrected chi connectivity index (χ1v) is 15.9. The van der Waals surface area contributed by atoms with Gasteiger partial charge in [-0.2, -0.15) is 0 Å². The monoisotopic (exact) mass is 615 g/mol. The van der Waals surface area contributed by atoms with Crippen LogP contribution in [0, 0.1) is 5.41 Å². The number of ether oxygens (including phenoxy) is 2. The van der Waals surface area contributed by atoms with E-state index in [0.29, 0.717) is 29.4 Å². The predicted octanol–water partition coefficient (Wildman–Crippen LogP) is 3.36. The molecule has 2 heterocycles. The van der Waals surface area contributed by atoms with E-state index in [4.69, 9.17) is 9.47 Å². The second-order valence-electron chi connectivity index (χ2n) is 11.1. The Balaban J connectivity index is 1.68. The molecule has 1 aliphatic heterocycles. The molecular formula is C30H38BrNO6Si. The first-order chi connectivity index (χ1) is 18.5. The molecule has 4 rings (SSSR count). The van der Waals surface area contributed by atoms with Crippen molar-refractivity contribution in [2.45, 2.75) is 56.9 Å². The number of hydrogen-bond acceptors (Lipinski definition) is 6. The highest BCUT2D eigenvalue weighted by Gasteiger charge is 2.53. The molecule has 0 amide bonds. The summed E-state index contributed by atoms with van der Waals surface area (Å²) in [7, 11) is -0.258. The number of benzene rings is 2. The van der Waals surface area contributed by atoms with Gasteiger partial charge in [0.2, 0.25) is 5.43 Å². The van der Waals surface area contributed by atoms with Crippen LogP contribution in [0.3, 0.4) is 0 Å². The highest BCUT2D eigenvalue weighted by molar-refractivity contribution is 9.10. The highest BCUT2D eigenvalue weighted by atomic mass is 79.9. The zero-order chi connectivity index (χ0) is 28.4. The number of aromatic nitrogens is 1. The Labute approximate surface area is 239 Å². The van der Waals surface area contributed by atoms with E-state index in [9.17, 15) is 19.8 Å². The van der Waals surface area contributed by atoms with Gasteiger partial charge in [0.25, 0.3) is 8.32 Å². The first kappa shape index (κ1) is 29.7. The third-order valence-electron chi connectivity index (χ3n) is 8.49. The van der Waals surface area contributed by atoms with E-state index in [0.717, 1.165) is 10.4 Å². The third-order valence-corrected chi connectivity index (χ3v) is 13.6. The number of methoxy groups -OCH3 is 2. The van der Waals surface area contributed by atoms with Crippen LogP contribution in [0.15, 0.2) is 76.1 Å². The second kappa shape index (κ2) is 11.7. The molecule has 7 nitrogen and oxygen atoms in total. The Morgan fingerprint density at radius 2 is 1.62 bits per heavy atom. The molecule has 9 heteroatoms. The van der Waals surface area contributed by atoms with Crippen LogP contribution in [0.5, 0.6) is 5.75 Å². The van der Waals surface area contributed by atoms with Gasteiger partial charge in [-0.25, -0.2) is 0 Å². The summed E-state index contributed by atoms with van der Waals surface area (Å²) in [5, 5.41) is 24.5. The number of rotatable bonds is 10. The fraction of sp³-hybridized carbons (Fsp3) is 0.433. The average Bonchev–Trinajstić information content (AvgIpc) is 2.93. The SMILES string of the molecule is COCC1(CCCC(C)(C)[Si](O)(c2ccccc2)c2ccccc2)C(O)Cn2cc(Br)c(=O)c(OC)c2C1O. The number of hydrogen-bond donors (Lipinski definition) is 3. The van der Waals surface area contributed by atoms with Crippen molar-refractivity contribution in [1.29, 1.82) is 0 Å². The van der Waals surface area contributed by atoms with Crippen molar-refractivity contribution in [3.63, 3.8) is 0 Å². The van der Waals surface area contributed by atoms with Gasteiger partial charge in [-0.15, -0.1) is 0 Å². The van der Waals surface area contributed by atoms with Gasteiger partial charge in [0.05, 0.1) is 35.4 Å². The van der Waals surface area contributed by atoms with E-state index in [1.807, 2.05) is 60.7 Å². The Kier molecular flexibility index (Phi) is 8.90. The summed E-state index contributed by atoms with van der Waals surface area (Å²) in [6, 6.07) is 19.7. The normalized spacial score (nSPS) is 21.4. The lowest BCUT2D eigenvalue weighted by Crippen LogP contribution is -2.65. The molecule has 0 bridgehead atoms. The predicted molar refractivity (Wildman–Crippen MR) is 158 cm³/mol. The second-order valence-corrected chi connectivity index (χ2v) is 15.9. The molecule has 210 valence electrons. The first-order valence-electron chi connectivity index (χ1n) is 13.2. The summed E-state index contributed by atoms with van der Waals surface area (Å²) >= 11 is 3.26. The van der Waals surface area contributed by atoms with Crippen LogP contribution in [0.1, 0.15) is 44.9 Å². The maximum atomic E-state index is 12.8. The highest BCUT2D eigenvalue weighted by Crippen LogP contribution is 2.49. The van der Waals surface area contributed by atoms with Crippen LogP contribution in [0.25, 0.3) is 0 Å². The summed E-state index contributed by atoms with van der Waals surface area (Å²) in [5.74, 6) is 0.0551. The fourth-order valence-electron chi connectivity index (χ4n) is 6.24. The number of fused-ring (bicyclic) bond motifs is 1. The van der Waals surface area contributed by atoms with Gasteiger partial charge in [0.1, 0.15) is 6.10 Å². The zero-order valence-corrected chi connectivity index (χ0v) is 25.5.